The minimum Gasteiger partial charge on any atom is -0.326 e. The Kier molecular flexibility index (Phi) is 3.42. The number of amides is 2. The Labute approximate surface area is 114 Å². The molecule has 3 N–H and O–H groups in total. The number of carbonyl (C=O) groups excluding carboxylic acids is 1. The summed E-state index contributed by atoms with van der Waals surface area (Å²) in [6.07, 6.45) is 4.87. The molecule has 2 fully saturated rings. The van der Waals surface area contributed by atoms with Crippen LogP contribution < -0.4 is 11.1 Å². The zero-order valence-electron chi connectivity index (χ0n) is 11.1. The van der Waals surface area contributed by atoms with E-state index >= 15 is 0 Å². The summed E-state index contributed by atoms with van der Waals surface area (Å²) in [5, 5.41) is 3.00. The molecular formula is C15H21N3O. The average Bonchev–Trinajstić information content (AvgIpc) is 3.28. The summed E-state index contributed by atoms with van der Waals surface area (Å²) < 4.78 is 0. The molecule has 102 valence electrons. The van der Waals surface area contributed by atoms with E-state index in [9.17, 15) is 4.79 Å². The molecule has 0 spiro atoms. The molecule has 0 bridgehead atoms. The molecule has 0 radical (unpaired) electrons. The lowest BCUT2D eigenvalue weighted by Gasteiger charge is -2.22. The lowest BCUT2D eigenvalue weighted by Crippen LogP contribution is -2.38. The number of nitrogens with zero attached hydrogens (tertiary/aromatic N) is 1. The summed E-state index contributed by atoms with van der Waals surface area (Å²) in [5.41, 5.74) is 7.50. The predicted octanol–water partition coefficient (Wildman–Crippen LogP) is 2.55. The SMILES string of the molecule is NCc1cccc(NC(=O)N(CC2CC2)C2CC2)c1. The van der Waals surface area contributed by atoms with E-state index in [1.54, 1.807) is 0 Å². The largest absolute Gasteiger partial charge is 0.326 e. The molecular weight excluding hydrogens is 238 g/mol. The Hall–Kier alpha value is -1.55. The van der Waals surface area contributed by atoms with Crippen LogP contribution in [0.3, 0.4) is 0 Å². The Morgan fingerprint density at radius 3 is 2.74 bits per heavy atom. The lowest BCUT2D eigenvalue weighted by atomic mass is 10.2. The van der Waals surface area contributed by atoms with Gasteiger partial charge in [0.25, 0.3) is 0 Å². The molecule has 2 aliphatic rings. The molecule has 4 heteroatoms. The molecule has 0 heterocycles. The second kappa shape index (κ2) is 5.21. The number of nitrogens with two attached hydrogens (primary N) is 1. The molecule has 0 saturated heterocycles. The van der Waals surface area contributed by atoms with Gasteiger partial charge in [-0.2, -0.15) is 0 Å². The summed E-state index contributed by atoms with van der Waals surface area (Å²) >= 11 is 0. The average molecular weight is 259 g/mol. The van der Waals surface area contributed by atoms with Gasteiger partial charge in [-0.25, -0.2) is 4.79 Å². The first-order valence-electron chi connectivity index (χ1n) is 7.13. The quantitative estimate of drug-likeness (QED) is 0.853. The van der Waals surface area contributed by atoms with Crippen molar-refractivity contribution in [1.82, 2.24) is 4.90 Å². The highest BCUT2D eigenvalue weighted by atomic mass is 16.2. The van der Waals surface area contributed by atoms with Gasteiger partial charge in [0.15, 0.2) is 0 Å². The van der Waals surface area contributed by atoms with Gasteiger partial charge in [-0.05, 0) is 49.3 Å². The summed E-state index contributed by atoms with van der Waals surface area (Å²) in [7, 11) is 0. The van der Waals surface area contributed by atoms with Crippen molar-refractivity contribution in [3.05, 3.63) is 29.8 Å². The van der Waals surface area contributed by atoms with Crippen molar-refractivity contribution in [2.45, 2.75) is 38.3 Å². The Morgan fingerprint density at radius 2 is 2.11 bits per heavy atom. The Bertz CT molecular complexity index is 466. The maximum Gasteiger partial charge on any atom is 0.322 e. The predicted molar refractivity (Wildman–Crippen MR) is 75.8 cm³/mol. The summed E-state index contributed by atoms with van der Waals surface area (Å²) in [5.74, 6) is 0.738. The van der Waals surface area contributed by atoms with Crippen molar-refractivity contribution in [3.8, 4) is 0 Å². The van der Waals surface area contributed by atoms with Crippen molar-refractivity contribution in [1.29, 1.82) is 0 Å². The van der Waals surface area contributed by atoms with Gasteiger partial charge in [-0.15, -0.1) is 0 Å². The standard InChI is InChI=1S/C15H21N3O/c16-9-12-2-1-3-13(8-12)17-15(19)18(14-6-7-14)10-11-4-5-11/h1-3,8,11,14H,4-7,9-10,16H2,(H,17,19). The molecule has 0 aliphatic heterocycles. The molecule has 2 aliphatic carbocycles. The minimum absolute atomic E-state index is 0.0450. The number of nitrogens with one attached hydrogen (secondary N) is 1. The second-order valence-electron chi connectivity index (χ2n) is 5.66. The normalized spacial score (nSPS) is 18.2. The van der Waals surface area contributed by atoms with E-state index in [2.05, 4.69) is 5.32 Å². The monoisotopic (exact) mass is 259 g/mol. The third-order valence-electron chi connectivity index (χ3n) is 3.81. The number of urea groups is 1. The number of anilines is 1. The van der Waals surface area contributed by atoms with E-state index in [-0.39, 0.29) is 6.03 Å². The van der Waals surface area contributed by atoms with E-state index in [0.717, 1.165) is 36.6 Å². The van der Waals surface area contributed by atoms with Crippen molar-refractivity contribution < 1.29 is 4.79 Å². The topological polar surface area (TPSA) is 58.4 Å². The van der Waals surface area contributed by atoms with Crippen LogP contribution in [-0.2, 0) is 6.54 Å². The van der Waals surface area contributed by atoms with Crippen LogP contribution in [0.2, 0.25) is 0 Å². The fourth-order valence-corrected chi connectivity index (χ4v) is 2.33. The molecule has 0 unspecified atom stereocenters. The maximum atomic E-state index is 12.3. The molecule has 19 heavy (non-hydrogen) atoms. The third kappa shape index (κ3) is 3.26. The number of hydrogen-bond acceptors (Lipinski definition) is 2. The first-order chi connectivity index (χ1) is 9.26. The molecule has 0 atom stereocenters. The Balaban J connectivity index is 1.64. The van der Waals surface area contributed by atoms with Gasteiger partial charge in [0.05, 0.1) is 0 Å². The van der Waals surface area contributed by atoms with Crippen molar-refractivity contribution >= 4 is 11.7 Å². The van der Waals surface area contributed by atoms with Gasteiger partial charge in [0.1, 0.15) is 0 Å². The van der Waals surface area contributed by atoms with Crippen LogP contribution in [0.4, 0.5) is 10.5 Å². The summed E-state index contributed by atoms with van der Waals surface area (Å²) in [4.78, 5) is 14.4. The fraction of sp³-hybridized carbons (Fsp3) is 0.533. The molecule has 0 aromatic heterocycles. The van der Waals surface area contributed by atoms with Gasteiger partial charge in [0.2, 0.25) is 0 Å². The van der Waals surface area contributed by atoms with Gasteiger partial charge >= 0.3 is 6.03 Å². The van der Waals surface area contributed by atoms with Crippen LogP contribution >= 0.6 is 0 Å². The van der Waals surface area contributed by atoms with Crippen molar-refractivity contribution in [3.63, 3.8) is 0 Å². The van der Waals surface area contributed by atoms with Crippen LogP contribution in [0.5, 0.6) is 0 Å². The van der Waals surface area contributed by atoms with Crippen LogP contribution in [0, 0.1) is 5.92 Å². The second-order valence-corrected chi connectivity index (χ2v) is 5.66. The molecule has 3 rings (SSSR count). The van der Waals surface area contributed by atoms with Gasteiger partial charge in [0, 0.05) is 24.8 Å². The molecule has 4 nitrogen and oxygen atoms in total. The summed E-state index contributed by atoms with van der Waals surface area (Å²) in [6, 6.07) is 8.28. The van der Waals surface area contributed by atoms with Crippen LogP contribution in [0.15, 0.2) is 24.3 Å². The van der Waals surface area contributed by atoms with Gasteiger partial charge < -0.3 is 16.0 Å². The number of hydrogen-bond donors (Lipinski definition) is 2. The third-order valence-corrected chi connectivity index (χ3v) is 3.81. The molecule has 1 aromatic carbocycles. The minimum atomic E-state index is 0.0450. The van der Waals surface area contributed by atoms with Gasteiger partial charge in [-0.3, -0.25) is 0 Å². The smallest absolute Gasteiger partial charge is 0.322 e. The lowest BCUT2D eigenvalue weighted by molar-refractivity contribution is 0.206. The number of benzene rings is 1. The highest BCUT2D eigenvalue weighted by Gasteiger charge is 2.36. The van der Waals surface area contributed by atoms with E-state index in [4.69, 9.17) is 5.73 Å². The van der Waals surface area contributed by atoms with Crippen LogP contribution in [-0.4, -0.2) is 23.5 Å². The van der Waals surface area contributed by atoms with Crippen molar-refractivity contribution in [2.75, 3.05) is 11.9 Å². The number of rotatable bonds is 5. The van der Waals surface area contributed by atoms with E-state index in [0.29, 0.717) is 12.6 Å². The number of carbonyl (C=O) groups is 1. The van der Waals surface area contributed by atoms with E-state index in [1.807, 2.05) is 29.2 Å². The highest BCUT2D eigenvalue weighted by molar-refractivity contribution is 5.89. The Morgan fingerprint density at radius 1 is 1.32 bits per heavy atom. The van der Waals surface area contributed by atoms with Crippen LogP contribution in [0.1, 0.15) is 31.2 Å². The maximum absolute atomic E-state index is 12.3. The highest BCUT2D eigenvalue weighted by Crippen LogP contribution is 2.35. The van der Waals surface area contributed by atoms with E-state index < -0.39 is 0 Å². The van der Waals surface area contributed by atoms with Crippen LogP contribution in [0.25, 0.3) is 0 Å². The fourth-order valence-electron chi connectivity index (χ4n) is 2.33. The first-order valence-corrected chi connectivity index (χ1v) is 7.13. The first kappa shape index (κ1) is 12.5. The summed E-state index contributed by atoms with van der Waals surface area (Å²) in [6.45, 7) is 1.42. The zero-order valence-corrected chi connectivity index (χ0v) is 11.1. The van der Waals surface area contributed by atoms with Crippen molar-refractivity contribution in [2.24, 2.45) is 11.7 Å². The molecule has 2 amide bonds. The van der Waals surface area contributed by atoms with E-state index in [1.165, 1.54) is 12.8 Å². The zero-order chi connectivity index (χ0) is 13.2. The molecule has 2 saturated carbocycles. The molecule has 1 aromatic rings. The van der Waals surface area contributed by atoms with Gasteiger partial charge in [-0.1, -0.05) is 12.1 Å².